The van der Waals surface area contributed by atoms with Crippen molar-refractivity contribution in [3.8, 4) is 5.75 Å². The number of rotatable bonds is 7. The van der Waals surface area contributed by atoms with Gasteiger partial charge in [-0.3, -0.25) is 0 Å². The van der Waals surface area contributed by atoms with Crippen molar-refractivity contribution in [1.82, 2.24) is 4.90 Å². The number of aliphatic imine (C=N–C) groups is 1. The Morgan fingerprint density at radius 3 is 2.11 bits per heavy atom. The van der Waals surface area contributed by atoms with Crippen molar-refractivity contribution in [2.75, 3.05) is 32.6 Å². The van der Waals surface area contributed by atoms with Crippen LogP contribution in [0.15, 0.2) is 89.9 Å². The van der Waals surface area contributed by atoms with Gasteiger partial charge in [0.25, 0.3) is 0 Å². The Bertz CT molecular complexity index is 844. The van der Waals surface area contributed by atoms with Gasteiger partial charge in [0.05, 0.1) is 5.69 Å². The fourth-order valence-electron chi connectivity index (χ4n) is 2.51. The Morgan fingerprint density at radius 1 is 0.852 bits per heavy atom. The molecule has 0 saturated carbocycles. The average Bonchev–Trinajstić information content (AvgIpc) is 2.70. The highest BCUT2D eigenvalue weighted by Gasteiger charge is 2.05. The molecule has 3 rings (SSSR count). The molecular formula is C23H25N3O. The van der Waals surface area contributed by atoms with E-state index >= 15 is 0 Å². The number of para-hydroxylation sites is 1. The molecule has 1 N–H and O–H groups in total. The number of ether oxygens (including phenoxy) is 1. The lowest BCUT2D eigenvalue weighted by molar-refractivity contribution is 0.261. The average molecular weight is 359 g/mol. The Hall–Kier alpha value is -3.11. The highest BCUT2D eigenvalue weighted by molar-refractivity contribution is 6.09. The molecule has 138 valence electrons. The molecule has 3 aromatic rings. The minimum Gasteiger partial charge on any atom is -0.492 e. The van der Waals surface area contributed by atoms with Gasteiger partial charge in [-0.05, 0) is 50.5 Å². The zero-order valence-corrected chi connectivity index (χ0v) is 15.8. The fraction of sp³-hybridized carbons (Fsp3) is 0.174. The molecule has 0 fully saturated rings. The largest absolute Gasteiger partial charge is 0.492 e. The molecule has 3 aromatic carbocycles. The first-order valence-corrected chi connectivity index (χ1v) is 9.04. The number of nitrogens with zero attached hydrogens (tertiary/aromatic N) is 2. The second kappa shape index (κ2) is 9.55. The van der Waals surface area contributed by atoms with Crippen LogP contribution < -0.4 is 10.1 Å². The van der Waals surface area contributed by atoms with Crippen LogP contribution in [0.3, 0.4) is 0 Å². The molecular weight excluding hydrogens is 334 g/mol. The summed E-state index contributed by atoms with van der Waals surface area (Å²) >= 11 is 0. The van der Waals surface area contributed by atoms with Gasteiger partial charge in [0.15, 0.2) is 0 Å². The molecule has 0 heterocycles. The quantitative estimate of drug-likeness (QED) is 0.485. The third-order valence-electron chi connectivity index (χ3n) is 3.97. The second-order valence-corrected chi connectivity index (χ2v) is 6.46. The highest BCUT2D eigenvalue weighted by atomic mass is 16.5. The van der Waals surface area contributed by atoms with Gasteiger partial charge in [0.2, 0.25) is 0 Å². The first-order valence-electron chi connectivity index (χ1n) is 9.04. The molecule has 4 nitrogen and oxygen atoms in total. The molecule has 0 saturated heterocycles. The maximum atomic E-state index is 5.75. The first-order chi connectivity index (χ1) is 13.2. The monoisotopic (exact) mass is 359 g/mol. The lowest BCUT2D eigenvalue weighted by Gasteiger charge is -2.12. The van der Waals surface area contributed by atoms with E-state index in [0.717, 1.165) is 35.1 Å². The molecule has 0 amide bonds. The van der Waals surface area contributed by atoms with E-state index in [9.17, 15) is 0 Å². The number of hydrogen-bond acceptors (Lipinski definition) is 3. The topological polar surface area (TPSA) is 36.9 Å². The van der Waals surface area contributed by atoms with Crippen LogP contribution in [0.5, 0.6) is 5.75 Å². The summed E-state index contributed by atoms with van der Waals surface area (Å²) in [6, 6.07) is 28.1. The molecule has 0 atom stereocenters. The van der Waals surface area contributed by atoms with E-state index in [4.69, 9.17) is 9.73 Å². The van der Waals surface area contributed by atoms with Gasteiger partial charge in [-0.1, -0.05) is 48.5 Å². The van der Waals surface area contributed by atoms with E-state index in [1.165, 1.54) is 0 Å². The Labute approximate surface area is 161 Å². The van der Waals surface area contributed by atoms with Crippen molar-refractivity contribution in [2.24, 2.45) is 4.99 Å². The summed E-state index contributed by atoms with van der Waals surface area (Å²) < 4.78 is 5.75. The highest BCUT2D eigenvalue weighted by Crippen LogP contribution is 2.20. The number of likely N-dealkylation sites (N-methyl/N-ethyl adjacent to an activating group) is 1. The lowest BCUT2D eigenvalue weighted by atomic mass is 10.2. The van der Waals surface area contributed by atoms with Crippen molar-refractivity contribution in [3.63, 3.8) is 0 Å². The van der Waals surface area contributed by atoms with Gasteiger partial charge < -0.3 is 15.0 Å². The molecule has 27 heavy (non-hydrogen) atoms. The molecule has 0 radical (unpaired) electrons. The number of anilines is 1. The predicted molar refractivity (Wildman–Crippen MR) is 113 cm³/mol. The Balaban J connectivity index is 1.78. The third-order valence-corrected chi connectivity index (χ3v) is 3.97. The smallest absolute Gasteiger partial charge is 0.138 e. The summed E-state index contributed by atoms with van der Waals surface area (Å²) in [7, 11) is 4.07. The standard InChI is InChI=1S/C23H25N3O/c1-26(2)17-18-27-22-15-13-21(14-16-22)25-23(19-9-5-3-6-10-19)24-20-11-7-4-8-12-20/h3-16H,17-18H2,1-2H3,(H,24,25). The lowest BCUT2D eigenvalue weighted by Crippen LogP contribution is -2.19. The number of nitrogens with one attached hydrogen (secondary N) is 1. The van der Waals surface area contributed by atoms with Crippen LogP contribution in [0.4, 0.5) is 11.4 Å². The van der Waals surface area contributed by atoms with E-state index in [0.29, 0.717) is 6.61 Å². The summed E-state index contributed by atoms with van der Waals surface area (Å²) in [5, 5.41) is 3.42. The minimum atomic E-state index is 0.667. The van der Waals surface area contributed by atoms with Crippen molar-refractivity contribution >= 4 is 17.2 Å². The summed E-state index contributed by atoms with van der Waals surface area (Å²) in [6.45, 7) is 1.56. The van der Waals surface area contributed by atoms with Crippen LogP contribution in [0.25, 0.3) is 0 Å². The van der Waals surface area contributed by atoms with Crippen molar-refractivity contribution in [1.29, 1.82) is 0 Å². The van der Waals surface area contributed by atoms with Crippen LogP contribution in [0.2, 0.25) is 0 Å². The molecule has 0 aromatic heterocycles. The van der Waals surface area contributed by atoms with Crippen LogP contribution >= 0.6 is 0 Å². The van der Waals surface area contributed by atoms with Gasteiger partial charge in [-0.15, -0.1) is 0 Å². The van der Waals surface area contributed by atoms with Gasteiger partial charge in [0.1, 0.15) is 18.2 Å². The second-order valence-electron chi connectivity index (χ2n) is 6.46. The van der Waals surface area contributed by atoms with Crippen molar-refractivity contribution in [2.45, 2.75) is 0 Å². The number of benzene rings is 3. The SMILES string of the molecule is CN(C)CCOc1ccc(N=C(Nc2ccccc2)c2ccccc2)cc1. The maximum Gasteiger partial charge on any atom is 0.138 e. The van der Waals surface area contributed by atoms with E-state index < -0.39 is 0 Å². The van der Waals surface area contributed by atoms with Crippen molar-refractivity contribution in [3.05, 3.63) is 90.5 Å². The summed E-state index contributed by atoms with van der Waals surface area (Å²) in [6.07, 6.45) is 0. The number of amidine groups is 1. The van der Waals surface area contributed by atoms with E-state index in [2.05, 4.69) is 10.2 Å². The zero-order valence-electron chi connectivity index (χ0n) is 15.8. The van der Waals surface area contributed by atoms with Crippen LogP contribution in [0.1, 0.15) is 5.56 Å². The molecule has 0 aliphatic heterocycles. The number of hydrogen-bond donors (Lipinski definition) is 1. The summed E-state index contributed by atoms with van der Waals surface area (Å²) in [4.78, 5) is 6.91. The molecule has 0 unspecified atom stereocenters. The summed E-state index contributed by atoms with van der Waals surface area (Å²) in [5.74, 6) is 1.66. The molecule has 0 aliphatic rings. The Morgan fingerprint density at radius 2 is 1.48 bits per heavy atom. The molecule has 0 bridgehead atoms. The predicted octanol–water partition coefficient (Wildman–Crippen LogP) is 4.82. The zero-order chi connectivity index (χ0) is 18.9. The van der Waals surface area contributed by atoms with Crippen LogP contribution in [-0.4, -0.2) is 38.0 Å². The fourth-order valence-corrected chi connectivity index (χ4v) is 2.51. The van der Waals surface area contributed by atoms with Gasteiger partial charge in [-0.2, -0.15) is 0 Å². The minimum absolute atomic E-state index is 0.667. The van der Waals surface area contributed by atoms with E-state index in [1.807, 2.05) is 99.0 Å². The van der Waals surface area contributed by atoms with E-state index in [-0.39, 0.29) is 0 Å². The first kappa shape index (κ1) is 18.7. The normalized spacial score (nSPS) is 11.4. The maximum absolute atomic E-state index is 5.75. The van der Waals surface area contributed by atoms with Crippen LogP contribution in [0, 0.1) is 0 Å². The van der Waals surface area contributed by atoms with Crippen LogP contribution in [-0.2, 0) is 0 Å². The van der Waals surface area contributed by atoms with E-state index in [1.54, 1.807) is 0 Å². The van der Waals surface area contributed by atoms with Gasteiger partial charge in [0, 0.05) is 17.8 Å². The molecule has 0 spiro atoms. The van der Waals surface area contributed by atoms with Gasteiger partial charge in [-0.25, -0.2) is 4.99 Å². The Kier molecular flexibility index (Phi) is 6.61. The molecule has 4 heteroatoms. The third kappa shape index (κ3) is 5.97. The summed E-state index contributed by atoms with van der Waals surface area (Å²) in [5.41, 5.74) is 2.91. The van der Waals surface area contributed by atoms with Gasteiger partial charge >= 0.3 is 0 Å². The molecule has 0 aliphatic carbocycles. The van der Waals surface area contributed by atoms with Crippen molar-refractivity contribution < 1.29 is 4.74 Å².